The van der Waals surface area contributed by atoms with Crippen LogP contribution in [-0.2, 0) is 4.74 Å². The Kier molecular flexibility index (Phi) is 6.86. The quantitative estimate of drug-likeness (QED) is 0.359. The van der Waals surface area contributed by atoms with E-state index in [0.717, 1.165) is 28.6 Å². The number of pyridine rings is 1. The SMILES string of the molecule is NC(=O)c1ccc(S[C@H]2OC(CO)[C@H](O)C(n3cc(-c4cc(F)c(F)c(F)c4)nn3)[C@@H]2O)cn1. The zero-order valence-electron chi connectivity index (χ0n) is 17.1. The fourth-order valence-electron chi connectivity index (χ4n) is 3.47. The van der Waals surface area contributed by atoms with Crippen molar-refractivity contribution in [1.82, 2.24) is 20.0 Å². The van der Waals surface area contributed by atoms with Gasteiger partial charge in [0.05, 0.1) is 12.8 Å². The molecule has 0 bridgehead atoms. The highest BCUT2D eigenvalue weighted by Crippen LogP contribution is 2.38. The summed E-state index contributed by atoms with van der Waals surface area (Å²) in [6.07, 6.45) is -1.37. The number of benzene rings is 1. The molecule has 34 heavy (non-hydrogen) atoms. The van der Waals surface area contributed by atoms with Crippen molar-refractivity contribution >= 4 is 17.7 Å². The van der Waals surface area contributed by atoms with Gasteiger partial charge in [0, 0.05) is 16.7 Å². The standard InChI is InChI=1S/C20H18F3N5O5S/c21-10-3-8(4-11(22)15(10)23)13-6-28(27-26-13)16-17(30)14(7-29)33-20(18(16)31)34-9-1-2-12(19(24)32)25-5-9/h1-6,14,16-18,20,29-31H,7H2,(H2,24,32)/t14?,16?,17-,18-,20+/m0/s1. The van der Waals surface area contributed by atoms with Crippen molar-refractivity contribution in [1.29, 1.82) is 0 Å². The van der Waals surface area contributed by atoms with Gasteiger partial charge in [0.1, 0.15) is 41.2 Å². The maximum Gasteiger partial charge on any atom is 0.267 e. The third kappa shape index (κ3) is 4.63. The molecule has 180 valence electrons. The average molecular weight is 497 g/mol. The highest BCUT2D eigenvalue weighted by molar-refractivity contribution is 7.99. The maximum atomic E-state index is 13.6. The van der Waals surface area contributed by atoms with E-state index in [4.69, 9.17) is 10.5 Å². The van der Waals surface area contributed by atoms with E-state index in [9.17, 15) is 33.3 Å². The predicted molar refractivity (Wildman–Crippen MR) is 111 cm³/mol. The summed E-state index contributed by atoms with van der Waals surface area (Å²) in [4.78, 5) is 15.6. The zero-order valence-corrected chi connectivity index (χ0v) is 17.9. The number of aliphatic hydroxyl groups is 3. The summed E-state index contributed by atoms with van der Waals surface area (Å²) in [5, 5.41) is 38.9. The Morgan fingerprint density at radius 2 is 1.88 bits per heavy atom. The van der Waals surface area contributed by atoms with E-state index in [0.29, 0.717) is 4.90 Å². The predicted octanol–water partition coefficient (Wildman–Crippen LogP) is 0.629. The fraction of sp³-hybridized carbons (Fsp3) is 0.300. The van der Waals surface area contributed by atoms with Crippen LogP contribution >= 0.6 is 11.8 Å². The first-order valence-corrected chi connectivity index (χ1v) is 10.7. The van der Waals surface area contributed by atoms with E-state index in [1.807, 2.05) is 0 Å². The van der Waals surface area contributed by atoms with Crippen molar-refractivity contribution in [2.75, 3.05) is 6.61 Å². The Bertz CT molecular complexity index is 1170. The fourth-order valence-corrected chi connectivity index (χ4v) is 4.49. The van der Waals surface area contributed by atoms with E-state index < -0.39 is 59.8 Å². The average Bonchev–Trinajstić information content (AvgIpc) is 3.29. The van der Waals surface area contributed by atoms with Crippen molar-refractivity contribution < 1.29 is 38.0 Å². The van der Waals surface area contributed by atoms with Crippen LogP contribution < -0.4 is 5.73 Å². The molecule has 3 aromatic rings. The van der Waals surface area contributed by atoms with Gasteiger partial charge in [0.2, 0.25) is 0 Å². The van der Waals surface area contributed by atoms with Gasteiger partial charge in [0.25, 0.3) is 5.91 Å². The number of nitrogens with zero attached hydrogens (tertiary/aromatic N) is 4. The van der Waals surface area contributed by atoms with Crippen LogP contribution in [0.25, 0.3) is 11.3 Å². The minimum Gasteiger partial charge on any atom is -0.394 e. The Balaban J connectivity index is 1.61. The molecule has 0 aliphatic carbocycles. The molecule has 0 radical (unpaired) electrons. The highest BCUT2D eigenvalue weighted by Gasteiger charge is 2.46. The number of rotatable bonds is 6. The molecule has 4 rings (SSSR count). The second-order valence-corrected chi connectivity index (χ2v) is 8.57. The Hall–Kier alpha value is -3.04. The number of carbonyl (C=O) groups excluding carboxylic acids is 1. The number of halogens is 3. The molecular formula is C20H18F3N5O5S. The van der Waals surface area contributed by atoms with Gasteiger partial charge in [-0.3, -0.25) is 4.79 Å². The molecule has 5 atom stereocenters. The lowest BCUT2D eigenvalue weighted by atomic mass is 9.97. The molecule has 0 saturated carbocycles. The third-order valence-electron chi connectivity index (χ3n) is 5.18. The summed E-state index contributed by atoms with van der Waals surface area (Å²) in [6.45, 7) is -0.587. The van der Waals surface area contributed by atoms with Crippen molar-refractivity contribution in [3.8, 4) is 11.3 Å². The first-order chi connectivity index (χ1) is 16.2. The molecular weight excluding hydrogens is 479 g/mol. The van der Waals surface area contributed by atoms with E-state index in [1.54, 1.807) is 0 Å². The molecule has 10 nitrogen and oxygen atoms in total. The van der Waals surface area contributed by atoms with Gasteiger partial charge in [-0.05, 0) is 24.3 Å². The number of aromatic nitrogens is 4. The van der Waals surface area contributed by atoms with Crippen LogP contribution in [0.3, 0.4) is 0 Å². The molecule has 1 fully saturated rings. The van der Waals surface area contributed by atoms with Gasteiger partial charge >= 0.3 is 0 Å². The van der Waals surface area contributed by atoms with Gasteiger partial charge in [0.15, 0.2) is 17.5 Å². The second-order valence-electron chi connectivity index (χ2n) is 7.40. The summed E-state index contributed by atoms with van der Waals surface area (Å²) in [6, 6.07) is 3.23. The Labute approximate surface area is 194 Å². The van der Waals surface area contributed by atoms with Crippen LogP contribution in [0.1, 0.15) is 16.5 Å². The monoisotopic (exact) mass is 497 g/mol. The summed E-state index contributed by atoms with van der Waals surface area (Å²) in [7, 11) is 0. The number of amides is 1. The molecule has 0 spiro atoms. The van der Waals surface area contributed by atoms with E-state index >= 15 is 0 Å². The number of carbonyl (C=O) groups is 1. The topological polar surface area (TPSA) is 157 Å². The van der Waals surface area contributed by atoms with Crippen LogP contribution in [0.4, 0.5) is 13.2 Å². The smallest absolute Gasteiger partial charge is 0.267 e. The van der Waals surface area contributed by atoms with Gasteiger partial charge in [-0.2, -0.15) is 0 Å². The molecule has 1 saturated heterocycles. The number of nitrogens with two attached hydrogens (primary N) is 1. The Morgan fingerprint density at radius 1 is 1.18 bits per heavy atom. The lowest BCUT2D eigenvalue weighted by Gasteiger charge is -2.41. The summed E-state index contributed by atoms with van der Waals surface area (Å²) >= 11 is 1.01. The number of ether oxygens (including phenoxy) is 1. The van der Waals surface area contributed by atoms with Gasteiger partial charge in [-0.15, -0.1) is 5.10 Å². The first kappa shape index (κ1) is 24.1. The minimum atomic E-state index is -1.63. The molecule has 1 aliphatic rings. The van der Waals surface area contributed by atoms with Crippen molar-refractivity contribution in [2.24, 2.45) is 5.73 Å². The molecule has 2 unspecified atom stereocenters. The van der Waals surface area contributed by atoms with E-state index in [1.165, 1.54) is 24.5 Å². The second kappa shape index (κ2) is 9.68. The van der Waals surface area contributed by atoms with Crippen molar-refractivity contribution in [3.05, 3.63) is 59.8 Å². The maximum absolute atomic E-state index is 13.6. The lowest BCUT2D eigenvalue weighted by Crippen LogP contribution is -2.55. The number of aliphatic hydroxyl groups excluding tert-OH is 3. The van der Waals surface area contributed by atoms with E-state index in [-0.39, 0.29) is 17.0 Å². The normalized spacial score (nSPS) is 24.8. The largest absolute Gasteiger partial charge is 0.394 e. The zero-order chi connectivity index (χ0) is 24.6. The number of thioether (sulfide) groups is 1. The Morgan fingerprint density at radius 3 is 2.47 bits per heavy atom. The molecule has 5 N–H and O–H groups in total. The molecule has 3 heterocycles. The molecule has 1 aromatic carbocycles. The van der Waals surface area contributed by atoms with E-state index in [2.05, 4.69) is 15.3 Å². The van der Waals surface area contributed by atoms with Crippen molar-refractivity contribution in [3.63, 3.8) is 0 Å². The van der Waals surface area contributed by atoms with Crippen LogP contribution in [-0.4, -0.2) is 71.6 Å². The summed E-state index contributed by atoms with van der Waals surface area (Å²) < 4.78 is 47.2. The summed E-state index contributed by atoms with van der Waals surface area (Å²) in [5.41, 5.74) is 4.05. The summed E-state index contributed by atoms with van der Waals surface area (Å²) in [5.74, 6) is -5.17. The molecule has 1 aliphatic heterocycles. The van der Waals surface area contributed by atoms with Crippen molar-refractivity contribution in [2.45, 2.75) is 34.7 Å². The third-order valence-corrected chi connectivity index (χ3v) is 6.32. The van der Waals surface area contributed by atoms with Gasteiger partial charge < -0.3 is 25.8 Å². The van der Waals surface area contributed by atoms with Gasteiger partial charge in [-0.1, -0.05) is 17.0 Å². The highest BCUT2D eigenvalue weighted by atomic mass is 32.2. The van der Waals surface area contributed by atoms with Crippen LogP contribution in [0.5, 0.6) is 0 Å². The molecule has 14 heteroatoms. The lowest BCUT2D eigenvalue weighted by molar-refractivity contribution is -0.178. The van der Waals surface area contributed by atoms with Gasteiger partial charge in [-0.25, -0.2) is 22.8 Å². The number of hydrogen-bond acceptors (Lipinski definition) is 9. The number of hydrogen-bond donors (Lipinski definition) is 4. The first-order valence-electron chi connectivity index (χ1n) is 9.81. The minimum absolute atomic E-state index is 0.0415. The van der Waals surface area contributed by atoms with Crippen LogP contribution in [0, 0.1) is 17.5 Å². The van der Waals surface area contributed by atoms with Crippen LogP contribution in [0.2, 0.25) is 0 Å². The van der Waals surface area contributed by atoms with Crippen LogP contribution in [0.15, 0.2) is 41.6 Å². The number of primary amides is 1. The molecule has 1 amide bonds. The molecule has 2 aromatic heterocycles.